The van der Waals surface area contributed by atoms with Gasteiger partial charge in [-0.2, -0.15) is 5.10 Å². The zero-order chi connectivity index (χ0) is 14.0. The van der Waals surface area contributed by atoms with Gasteiger partial charge in [0, 0.05) is 6.04 Å². The normalized spacial score (nSPS) is 25.8. The van der Waals surface area contributed by atoms with E-state index < -0.39 is 6.10 Å². The third-order valence-corrected chi connectivity index (χ3v) is 4.76. The standard InChI is InChI=1S/C15H25ClN2O/c1-4-11-5-7-12(8-6-11)15(19)14-13(16)9-17-18(14)10(2)3/h9-12,15,19H,4-8H2,1-3H3. The van der Waals surface area contributed by atoms with E-state index >= 15 is 0 Å². The van der Waals surface area contributed by atoms with Crippen molar-refractivity contribution in [2.45, 2.75) is 65.0 Å². The lowest BCUT2D eigenvalue weighted by Crippen LogP contribution is -2.23. The van der Waals surface area contributed by atoms with Gasteiger partial charge in [-0.25, -0.2) is 0 Å². The van der Waals surface area contributed by atoms with Crippen molar-refractivity contribution in [3.63, 3.8) is 0 Å². The molecular weight excluding hydrogens is 260 g/mol. The van der Waals surface area contributed by atoms with Gasteiger partial charge in [0.2, 0.25) is 0 Å². The van der Waals surface area contributed by atoms with Crippen LogP contribution in [0.4, 0.5) is 0 Å². The third-order valence-electron chi connectivity index (χ3n) is 4.47. The van der Waals surface area contributed by atoms with Gasteiger partial charge in [0.25, 0.3) is 0 Å². The molecule has 1 aromatic rings. The summed E-state index contributed by atoms with van der Waals surface area (Å²) in [6.45, 7) is 6.38. The van der Waals surface area contributed by atoms with Crippen molar-refractivity contribution >= 4 is 11.6 Å². The first-order valence-electron chi connectivity index (χ1n) is 7.45. The molecule has 0 saturated heterocycles. The molecule has 0 spiro atoms. The Kier molecular flexibility index (Phi) is 4.91. The van der Waals surface area contributed by atoms with Crippen LogP contribution in [0.25, 0.3) is 0 Å². The molecule has 108 valence electrons. The molecule has 0 aromatic carbocycles. The minimum atomic E-state index is -0.477. The van der Waals surface area contributed by atoms with Crippen molar-refractivity contribution in [3.05, 3.63) is 16.9 Å². The van der Waals surface area contributed by atoms with Crippen molar-refractivity contribution in [2.24, 2.45) is 11.8 Å². The fourth-order valence-corrected chi connectivity index (χ4v) is 3.42. The van der Waals surface area contributed by atoms with Gasteiger partial charge in [0.1, 0.15) is 0 Å². The highest BCUT2D eigenvalue weighted by Gasteiger charge is 2.30. The largest absolute Gasteiger partial charge is 0.386 e. The van der Waals surface area contributed by atoms with Crippen LogP contribution < -0.4 is 0 Å². The van der Waals surface area contributed by atoms with Gasteiger partial charge in [0.15, 0.2) is 0 Å². The molecule has 0 aliphatic heterocycles. The first-order valence-corrected chi connectivity index (χ1v) is 7.83. The first-order chi connectivity index (χ1) is 9.04. The molecule has 1 atom stereocenters. The minimum Gasteiger partial charge on any atom is -0.386 e. The summed E-state index contributed by atoms with van der Waals surface area (Å²) in [5.74, 6) is 1.17. The van der Waals surface area contributed by atoms with E-state index in [-0.39, 0.29) is 6.04 Å². The van der Waals surface area contributed by atoms with Crippen LogP contribution in [0.15, 0.2) is 6.20 Å². The summed E-state index contributed by atoms with van der Waals surface area (Å²) in [7, 11) is 0. The van der Waals surface area contributed by atoms with Crippen LogP contribution in [0.3, 0.4) is 0 Å². The fourth-order valence-electron chi connectivity index (χ4n) is 3.17. The monoisotopic (exact) mass is 284 g/mol. The van der Waals surface area contributed by atoms with Crippen LogP contribution >= 0.6 is 11.6 Å². The second kappa shape index (κ2) is 6.27. The maximum Gasteiger partial charge on any atom is 0.0999 e. The van der Waals surface area contributed by atoms with Gasteiger partial charge in [-0.05, 0) is 38.5 Å². The molecule has 0 bridgehead atoms. The van der Waals surface area contributed by atoms with Crippen molar-refractivity contribution in [1.82, 2.24) is 9.78 Å². The molecule has 1 unspecified atom stereocenters. The van der Waals surface area contributed by atoms with E-state index in [9.17, 15) is 5.11 Å². The lowest BCUT2D eigenvalue weighted by atomic mass is 9.78. The van der Waals surface area contributed by atoms with Gasteiger partial charge >= 0.3 is 0 Å². The Morgan fingerprint density at radius 1 is 1.37 bits per heavy atom. The number of halogens is 1. The topological polar surface area (TPSA) is 38.1 Å². The Balaban J connectivity index is 2.12. The Bertz CT molecular complexity index is 408. The van der Waals surface area contributed by atoms with Crippen molar-refractivity contribution in [1.29, 1.82) is 0 Å². The fraction of sp³-hybridized carbons (Fsp3) is 0.800. The maximum atomic E-state index is 10.7. The first kappa shape index (κ1) is 14.9. The van der Waals surface area contributed by atoms with Crippen LogP contribution in [0.5, 0.6) is 0 Å². The van der Waals surface area contributed by atoms with E-state index in [4.69, 9.17) is 11.6 Å². The van der Waals surface area contributed by atoms with E-state index in [2.05, 4.69) is 25.9 Å². The van der Waals surface area contributed by atoms with Crippen LogP contribution in [0, 0.1) is 11.8 Å². The highest BCUT2D eigenvalue weighted by Crippen LogP contribution is 2.40. The van der Waals surface area contributed by atoms with Crippen molar-refractivity contribution in [3.8, 4) is 0 Å². The average molecular weight is 285 g/mol. The summed E-state index contributed by atoms with van der Waals surface area (Å²) in [6.07, 6.45) is 7.08. The molecule has 1 aliphatic rings. The van der Waals surface area contributed by atoms with E-state index in [0.29, 0.717) is 10.9 Å². The predicted octanol–water partition coefficient (Wildman–Crippen LogP) is 4.37. The van der Waals surface area contributed by atoms with E-state index in [0.717, 1.165) is 24.5 Å². The molecule has 0 radical (unpaired) electrons. The summed E-state index contributed by atoms with van der Waals surface area (Å²) in [6, 6.07) is 0.226. The maximum absolute atomic E-state index is 10.7. The molecule has 1 aromatic heterocycles. The molecule has 1 saturated carbocycles. The van der Waals surface area contributed by atoms with Crippen LogP contribution in [0.1, 0.15) is 70.7 Å². The molecule has 1 aliphatic carbocycles. The molecule has 0 amide bonds. The molecular formula is C15H25ClN2O. The number of nitrogens with zero attached hydrogens (tertiary/aromatic N) is 2. The quantitative estimate of drug-likeness (QED) is 0.892. The van der Waals surface area contributed by atoms with E-state index in [1.165, 1.54) is 19.3 Å². The lowest BCUT2D eigenvalue weighted by molar-refractivity contribution is 0.0647. The van der Waals surface area contributed by atoms with Crippen molar-refractivity contribution in [2.75, 3.05) is 0 Å². The number of aromatic nitrogens is 2. The minimum absolute atomic E-state index is 0.226. The molecule has 3 nitrogen and oxygen atoms in total. The van der Waals surface area contributed by atoms with Crippen molar-refractivity contribution < 1.29 is 5.11 Å². The highest BCUT2D eigenvalue weighted by atomic mass is 35.5. The second-order valence-corrected chi connectivity index (χ2v) is 6.46. The smallest absolute Gasteiger partial charge is 0.0999 e. The zero-order valence-electron chi connectivity index (χ0n) is 12.1. The Morgan fingerprint density at radius 2 is 2.00 bits per heavy atom. The predicted molar refractivity (Wildman–Crippen MR) is 78.3 cm³/mol. The summed E-state index contributed by atoms with van der Waals surface area (Å²) >= 11 is 6.22. The summed E-state index contributed by atoms with van der Waals surface area (Å²) in [5.41, 5.74) is 0.802. The average Bonchev–Trinajstić information content (AvgIpc) is 2.80. The second-order valence-electron chi connectivity index (χ2n) is 6.05. The third kappa shape index (κ3) is 3.14. The summed E-state index contributed by atoms with van der Waals surface area (Å²) in [4.78, 5) is 0. The molecule has 2 rings (SSSR count). The number of aliphatic hydroxyl groups is 1. The molecule has 1 fully saturated rings. The molecule has 4 heteroatoms. The van der Waals surface area contributed by atoms with Crippen LogP contribution in [0.2, 0.25) is 5.02 Å². The van der Waals surface area contributed by atoms with Gasteiger partial charge < -0.3 is 5.11 Å². The van der Waals surface area contributed by atoms with Crippen LogP contribution in [-0.4, -0.2) is 14.9 Å². The number of hydrogen-bond donors (Lipinski definition) is 1. The van der Waals surface area contributed by atoms with Crippen LogP contribution in [-0.2, 0) is 0 Å². The summed E-state index contributed by atoms with van der Waals surface area (Å²) < 4.78 is 1.86. The Morgan fingerprint density at radius 3 is 2.53 bits per heavy atom. The Hall–Kier alpha value is -0.540. The highest BCUT2D eigenvalue weighted by molar-refractivity contribution is 6.31. The molecule has 19 heavy (non-hydrogen) atoms. The lowest BCUT2D eigenvalue weighted by Gasteiger charge is -2.31. The number of aliphatic hydroxyl groups excluding tert-OH is 1. The van der Waals surface area contributed by atoms with Gasteiger partial charge in [-0.1, -0.05) is 37.8 Å². The number of hydrogen-bond acceptors (Lipinski definition) is 2. The molecule has 1 N–H and O–H groups in total. The van der Waals surface area contributed by atoms with Gasteiger partial charge in [0.05, 0.1) is 23.0 Å². The molecule has 1 heterocycles. The summed E-state index contributed by atoms with van der Waals surface area (Å²) in [5, 5.41) is 15.5. The van der Waals surface area contributed by atoms with E-state index in [1.807, 2.05) is 4.68 Å². The number of rotatable bonds is 4. The van der Waals surface area contributed by atoms with E-state index in [1.54, 1.807) is 6.20 Å². The zero-order valence-corrected chi connectivity index (χ0v) is 12.9. The SMILES string of the molecule is CCC1CCC(C(O)c2c(Cl)cnn2C(C)C)CC1. The Labute approximate surface area is 121 Å². The van der Waals surface area contributed by atoms with Gasteiger partial charge in [-0.15, -0.1) is 0 Å². The van der Waals surface area contributed by atoms with Gasteiger partial charge in [-0.3, -0.25) is 4.68 Å².